The number of hydrogen-bond donors (Lipinski definition) is 3. The summed E-state index contributed by atoms with van der Waals surface area (Å²) in [5.74, 6) is 0.0110. The van der Waals surface area contributed by atoms with Gasteiger partial charge in [0.2, 0.25) is 0 Å². The van der Waals surface area contributed by atoms with Crippen LogP contribution in [-0.2, 0) is 0 Å². The number of amides is 1. The van der Waals surface area contributed by atoms with Crippen LogP contribution in [0.4, 0.5) is 20.3 Å². The van der Waals surface area contributed by atoms with E-state index >= 15 is 0 Å². The molecular formula is C20H18ClF2N5O3S. The number of alkyl halides is 3. The minimum Gasteiger partial charge on any atom is -0.420 e. The average molecular weight is 482 g/mol. The smallest absolute Gasteiger partial charge is 0.420 e. The molecule has 1 atom stereocenters. The number of halogens is 3. The van der Waals surface area contributed by atoms with Gasteiger partial charge in [0, 0.05) is 42.1 Å². The van der Waals surface area contributed by atoms with Gasteiger partial charge in [0.15, 0.2) is 0 Å². The maximum absolute atomic E-state index is 12.8. The van der Waals surface area contributed by atoms with Gasteiger partial charge in [-0.3, -0.25) is 4.79 Å². The van der Waals surface area contributed by atoms with E-state index < -0.39 is 17.6 Å². The minimum atomic E-state index is -3.82. The van der Waals surface area contributed by atoms with Gasteiger partial charge < -0.3 is 20.1 Å². The van der Waals surface area contributed by atoms with E-state index in [1.54, 1.807) is 18.3 Å². The number of carbonyl (C=O) groups excluding carboxylic acids is 1. The van der Waals surface area contributed by atoms with Crippen molar-refractivity contribution in [3.05, 3.63) is 54.4 Å². The maximum Gasteiger partial charge on any atom is 0.487 e. The molecule has 1 aliphatic rings. The Morgan fingerprint density at radius 2 is 2.06 bits per heavy atom. The molecule has 1 fully saturated rings. The van der Waals surface area contributed by atoms with Gasteiger partial charge in [-0.25, -0.2) is 9.07 Å². The minimum absolute atomic E-state index is 0.147. The third kappa shape index (κ3) is 5.12. The summed E-state index contributed by atoms with van der Waals surface area (Å²) in [6.07, 6.45) is 3.19. The number of carbonyl (C=O) groups is 1. The Morgan fingerprint density at radius 1 is 1.31 bits per heavy atom. The fourth-order valence-electron chi connectivity index (χ4n) is 3.39. The van der Waals surface area contributed by atoms with Gasteiger partial charge in [0.25, 0.3) is 5.91 Å². The van der Waals surface area contributed by atoms with Crippen molar-refractivity contribution >= 4 is 41.8 Å². The Hall–Kier alpha value is -2.89. The van der Waals surface area contributed by atoms with E-state index in [9.17, 15) is 18.7 Å². The number of β-amino-alcohol motifs (C(OH)–C–C–N with tert-alkyl or cyclic N) is 1. The monoisotopic (exact) mass is 481 g/mol. The van der Waals surface area contributed by atoms with Crippen molar-refractivity contribution < 1.29 is 23.4 Å². The number of aliphatic hydroxyl groups excluding tert-OH is 1. The molecule has 168 valence electrons. The van der Waals surface area contributed by atoms with E-state index in [0.29, 0.717) is 42.3 Å². The molecule has 3 heterocycles. The van der Waals surface area contributed by atoms with Gasteiger partial charge >= 0.3 is 5.57 Å². The van der Waals surface area contributed by atoms with Crippen LogP contribution in [-0.4, -0.2) is 49.9 Å². The number of thiol groups is 1. The van der Waals surface area contributed by atoms with Crippen molar-refractivity contribution in [2.24, 2.45) is 0 Å². The number of nitrogens with one attached hydrogen (secondary N) is 1. The lowest BCUT2D eigenvalue weighted by Gasteiger charge is -2.20. The normalized spacial score (nSPS) is 16.3. The van der Waals surface area contributed by atoms with Crippen molar-refractivity contribution in [3.8, 4) is 17.0 Å². The molecule has 0 unspecified atom stereocenters. The summed E-state index contributed by atoms with van der Waals surface area (Å²) in [5.41, 5.74) is -1.92. The number of ether oxygens (including phenoxy) is 1. The number of benzene rings is 1. The van der Waals surface area contributed by atoms with E-state index in [1.807, 2.05) is 4.90 Å². The molecule has 0 bridgehead atoms. The Labute approximate surface area is 192 Å². The summed E-state index contributed by atoms with van der Waals surface area (Å²) >= 11 is 9.05. The molecule has 1 aliphatic heterocycles. The highest BCUT2D eigenvalue weighted by molar-refractivity contribution is 7.78. The lowest BCUT2D eigenvalue weighted by Crippen LogP contribution is -2.23. The molecule has 2 aromatic heterocycles. The van der Waals surface area contributed by atoms with Gasteiger partial charge in [-0.1, -0.05) is 0 Å². The van der Waals surface area contributed by atoms with E-state index in [1.165, 1.54) is 34.5 Å². The number of pyridine rings is 1. The second-order valence-electron chi connectivity index (χ2n) is 7.12. The van der Waals surface area contributed by atoms with E-state index in [0.717, 1.165) is 0 Å². The highest BCUT2D eigenvalue weighted by Crippen LogP contribution is 2.32. The van der Waals surface area contributed by atoms with E-state index in [2.05, 4.69) is 33.0 Å². The molecule has 3 aromatic rings. The van der Waals surface area contributed by atoms with Crippen molar-refractivity contribution in [2.75, 3.05) is 23.3 Å². The van der Waals surface area contributed by atoms with Gasteiger partial charge in [0.1, 0.15) is 11.6 Å². The van der Waals surface area contributed by atoms with Crippen LogP contribution >= 0.6 is 24.4 Å². The van der Waals surface area contributed by atoms with Crippen molar-refractivity contribution in [1.82, 2.24) is 14.2 Å². The largest absolute Gasteiger partial charge is 0.487 e. The predicted octanol–water partition coefficient (Wildman–Crippen LogP) is 3.63. The Bertz CT molecular complexity index is 1120. The Morgan fingerprint density at radius 3 is 2.66 bits per heavy atom. The molecule has 1 amide bonds. The second-order valence-corrected chi connectivity index (χ2v) is 7.93. The second kappa shape index (κ2) is 8.93. The van der Waals surface area contributed by atoms with Gasteiger partial charge in [-0.05, 0) is 55.6 Å². The average Bonchev–Trinajstić information content (AvgIpc) is 3.36. The lowest BCUT2D eigenvalue weighted by molar-refractivity contribution is -0.0964. The SMILES string of the molecule is O=C(Nc1ccc(OC(F)(F)Cl)cc1)c1cnc(N2CC[C@@H](O)C2)c(-c2ccnn2S)c1. The number of rotatable bonds is 6. The zero-order chi connectivity index (χ0) is 22.9. The fourth-order valence-corrected chi connectivity index (χ4v) is 3.72. The molecule has 12 heteroatoms. The topological polar surface area (TPSA) is 92.5 Å². The van der Waals surface area contributed by atoms with Crippen LogP contribution in [0.15, 0.2) is 48.8 Å². The quantitative estimate of drug-likeness (QED) is 0.368. The molecule has 32 heavy (non-hydrogen) atoms. The number of nitrogens with zero attached hydrogens (tertiary/aromatic N) is 4. The summed E-state index contributed by atoms with van der Waals surface area (Å²) in [6.45, 7) is 1.06. The summed E-state index contributed by atoms with van der Waals surface area (Å²) in [4.78, 5) is 19.2. The lowest BCUT2D eigenvalue weighted by atomic mass is 10.1. The zero-order valence-electron chi connectivity index (χ0n) is 16.5. The van der Waals surface area contributed by atoms with Crippen LogP contribution in [0.1, 0.15) is 16.8 Å². The number of anilines is 2. The number of aromatic nitrogens is 3. The van der Waals surface area contributed by atoms with E-state index in [4.69, 9.17) is 11.6 Å². The van der Waals surface area contributed by atoms with Crippen molar-refractivity contribution in [1.29, 1.82) is 0 Å². The third-order valence-electron chi connectivity index (χ3n) is 4.84. The molecule has 0 saturated carbocycles. The Balaban J connectivity index is 1.58. The summed E-state index contributed by atoms with van der Waals surface area (Å²) in [6, 6.07) is 8.75. The molecule has 2 N–H and O–H groups in total. The molecule has 0 spiro atoms. The van der Waals surface area contributed by atoms with Crippen LogP contribution in [0.3, 0.4) is 0 Å². The van der Waals surface area contributed by atoms with Crippen LogP contribution in [0.5, 0.6) is 5.75 Å². The van der Waals surface area contributed by atoms with Crippen molar-refractivity contribution in [2.45, 2.75) is 18.1 Å². The van der Waals surface area contributed by atoms with E-state index in [-0.39, 0.29) is 11.3 Å². The van der Waals surface area contributed by atoms with Crippen LogP contribution in [0.2, 0.25) is 0 Å². The maximum atomic E-state index is 12.8. The van der Waals surface area contributed by atoms with Crippen LogP contribution in [0.25, 0.3) is 11.3 Å². The first kappa shape index (κ1) is 22.3. The molecule has 8 nitrogen and oxygen atoms in total. The molecule has 0 aliphatic carbocycles. The van der Waals surface area contributed by atoms with Gasteiger partial charge in [-0.15, -0.1) is 8.78 Å². The molecular weight excluding hydrogens is 464 g/mol. The standard InChI is InChI=1S/C20H18ClF2N5O3S/c21-20(22,23)31-15-3-1-13(2-4-15)26-19(30)12-9-16(17-5-7-25-28(17)32)18(24-10-12)27-8-6-14(29)11-27/h1-5,7,9-10,14,29,32H,6,8,11H2,(H,26,30)/t14-/m1/s1. The number of hydrogen-bond acceptors (Lipinski definition) is 7. The van der Waals surface area contributed by atoms with Crippen molar-refractivity contribution in [3.63, 3.8) is 0 Å². The van der Waals surface area contributed by atoms with Gasteiger partial charge in [0.05, 0.1) is 23.6 Å². The molecule has 1 aromatic carbocycles. The zero-order valence-corrected chi connectivity index (χ0v) is 18.1. The first-order valence-electron chi connectivity index (χ1n) is 9.53. The summed E-state index contributed by atoms with van der Waals surface area (Å²) in [7, 11) is 0. The first-order valence-corrected chi connectivity index (χ1v) is 10.3. The first-order chi connectivity index (χ1) is 15.2. The predicted molar refractivity (Wildman–Crippen MR) is 119 cm³/mol. The highest BCUT2D eigenvalue weighted by atomic mass is 35.5. The molecule has 4 rings (SSSR count). The summed E-state index contributed by atoms with van der Waals surface area (Å²) < 4.78 is 31.1. The van der Waals surface area contributed by atoms with Crippen LogP contribution < -0.4 is 15.0 Å². The van der Waals surface area contributed by atoms with Gasteiger partial charge in [-0.2, -0.15) is 5.10 Å². The summed E-state index contributed by atoms with van der Waals surface area (Å²) in [5, 5.41) is 16.6. The molecule has 1 saturated heterocycles. The Kier molecular flexibility index (Phi) is 6.22. The third-order valence-corrected chi connectivity index (χ3v) is 5.23. The highest BCUT2D eigenvalue weighted by Gasteiger charge is 2.28. The number of aliphatic hydroxyl groups is 1. The fraction of sp³-hybridized carbons (Fsp3) is 0.250. The van der Waals surface area contributed by atoms with Crippen LogP contribution in [0, 0.1) is 0 Å². The molecule has 0 radical (unpaired) electrons.